The summed E-state index contributed by atoms with van der Waals surface area (Å²) in [5.74, 6) is 0.681. The number of halogens is 3. The van der Waals surface area contributed by atoms with Gasteiger partial charge in [-0.05, 0) is 42.8 Å². The van der Waals surface area contributed by atoms with Crippen molar-refractivity contribution in [2.24, 2.45) is 0 Å². The number of benzene rings is 2. The van der Waals surface area contributed by atoms with E-state index in [1.54, 1.807) is 31.2 Å². The number of rotatable bonds is 4. The molecule has 2 rings (SSSR count). The largest absolute Gasteiger partial charge is 0.497 e. The Morgan fingerprint density at radius 1 is 1.09 bits per heavy atom. The van der Waals surface area contributed by atoms with Gasteiger partial charge in [-0.25, -0.2) is 0 Å². The first-order valence-electron chi connectivity index (χ1n) is 6.77. The van der Waals surface area contributed by atoms with E-state index in [-0.39, 0.29) is 5.75 Å². The first-order chi connectivity index (χ1) is 10.8. The Hall–Kier alpha value is -2.68. The van der Waals surface area contributed by atoms with Crippen molar-refractivity contribution in [2.45, 2.75) is 19.2 Å². The Bertz CT molecular complexity index is 735. The van der Waals surface area contributed by atoms with Gasteiger partial charge in [0.05, 0.1) is 24.3 Å². The molecular weight excluding hydrogens is 307 g/mol. The fourth-order valence-corrected chi connectivity index (χ4v) is 2.10. The number of nitrogens with zero attached hydrogens (tertiary/aromatic N) is 1. The average Bonchev–Trinajstić information content (AvgIpc) is 2.54. The van der Waals surface area contributed by atoms with E-state index in [9.17, 15) is 13.2 Å². The summed E-state index contributed by atoms with van der Waals surface area (Å²) >= 11 is 0. The molecule has 1 atom stereocenters. The van der Waals surface area contributed by atoms with Gasteiger partial charge in [0.2, 0.25) is 0 Å². The van der Waals surface area contributed by atoms with Gasteiger partial charge in [-0.1, -0.05) is 12.1 Å². The van der Waals surface area contributed by atoms with E-state index in [4.69, 9.17) is 14.7 Å². The second kappa shape index (κ2) is 6.61. The van der Waals surface area contributed by atoms with Gasteiger partial charge in [0, 0.05) is 0 Å². The second-order valence-corrected chi connectivity index (χ2v) is 4.85. The van der Waals surface area contributed by atoms with Gasteiger partial charge in [-0.2, -0.15) is 18.4 Å². The van der Waals surface area contributed by atoms with Crippen LogP contribution in [0.25, 0.3) is 0 Å². The highest BCUT2D eigenvalue weighted by molar-refractivity contribution is 5.44. The molecule has 0 aliphatic rings. The molecule has 1 unspecified atom stereocenters. The third-order valence-electron chi connectivity index (χ3n) is 3.29. The summed E-state index contributed by atoms with van der Waals surface area (Å²) < 4.78 is 49.5. The molecule has 0 saturated carbocycles. The van der Waals surface area contributed by atoms with Crippen molar-refractivity contribution in [1.82, 2.24) is 0 Å². The van der Waals surface area contributed by atoms with Crippen molar-refractivity contribution in [3.63, 3.8) is 0 Å². The maximum atomic E-state index is 13.0. The predicted molar refractivity (Wildman–Crippen MR) is 78.2 cm³/mol. The maximum absolute atomic E-state index is 13.0. The summed E-state index contributed by atoms with van der Waals surface area (Å²) in [5, 5.41) is 8.79. The Kier molecular flexibility index (Phi) is 4.80. The summed E-state index contributed by atoms with van der Waals surface area (Å²) in [6, 6.07) is 11.9. The average molecular weight is 321 g/mol. The minimum Gasteiger partial charge on any atom is -0.497 e. The monoisotopic (exact) mass is 321 g/mol. The van der Waals surface area contributed by atoms with E-state index in [0.717, 1.165) is 17.7 Å². The zero-order valence-corrected chi connectivity index (χ0v) is 12.5. The third kappa shape index (κ3) is 3.95. The molecule has 0 aliphatic carbocycles. The van der Waals surface area contributed by atoms with Gasteiger partial charge in [-0.15, -0.1) is 0 Å². The molecule has 0 spiro atoms. The molecule has 23 heavy (non-hydrogen) atoms. The molecule has 0 amide bonds. The topological polar surface area (TPSA) is 42.2 Å². The fourth-order valence-electron chi connectivity index (χ4n) is 2.10. The van der Waals surface area contributed by atoms with Crippen LogP contribution in [0.3, 0.4) is 0 Å². The molecule has 0 N–H and O–H groups in total. The number of ether oxygens (including phenoxy) is 2. The van der Waals surface area contributed by atoms with Gasteiger partial charge in [0.25, 0.3) is 0 Å². The number of hydrogen-bond acceptors (Lipinski definition) is 3. The van der Waals surface area contributed by atoms with E-state index < -0.39 is 23.4 Å². The normalized spacial score (nSPS) is 12.3. The summed E-state index contributed by atoms with van der Waals surface area (Å²) in [4.78, 5) is 0. The van der Waals surface area contributed by atoms with Crippen LogP contribution in [-0.2, 0) is 6.18 Å². The quantitative estimate of drug-likeness (QED) is 0.818. The van der Waals surface area contributed by atoms with Crippen molar-refractivity contribution in [3.05, 3.63) is 59.2 Å². The van der Waals surface area contributed by atoms with Crippen molar-refractivity contribution in [2.75, 3.05) is 7.11 Å². The van der Waals surface area contributed by atoms with Crippen LogP contribution in [0.1, 0.15) is 29.7 Å². The lowest BCUT2D eigenvalue weighted by atomic mass is 10.1. The molecule has 6 heteroatoms. The highest BCUT2D eigenvalue weighted by Crippen LogP contribution is 2.35. The molecular formula is C17H14F3NO2. The lowest BCUT2D eigenvalue weighted by Crippen LogP contribution is -2.09. The van der Waals surface area contributed by atoms with E-state index in [1.807, 2.05) is 0 Å². The van der Waals surface area contributed by atoms with Crippen LogP contribution < -0.4 is 9.47 Å². The molecule has 2 aromatic carbocycles. The van der Waals surface area contributed by atoms with Crippen LogP contribution >= 0.6 is 0 Å². The minimum atomic E-state index is -4.61. The molecule has 0 fully saturated rings. The summed E-state index contributed by atoms with van der Waals surface area (Å²) in [6.07, 6.45) is -5.08. The van der Waals surface area contributed by atoms with Crippen molar-refractivity contribution in [1.29, 1.82) is 5.26 Å². The summed E-state index contributed by atoms with van der Waals surface area (Å²) in [5.41, 5.74) is -0.670. The molecule has 0 aliphatic heterocycles. The smallest absolute Gasteiger partial charge is 0.417 e. The highest BCUT2D eigenvalue weighted by Gasteiger charge is 2.34. The van der Waals surface area contributed by atoms with Gasteiger partial charge >= 0.3 is 6.18 Å². The van der Waals surface area contributed by atoms with E-state index >= 15 is 0 Å². The number of hydrogen-bond donors (Lipinski definition) is 0. The molecule has 2 aromatic rings. The third-order valence-corrected chi connectivity index (χ3v) is 3.29. The van der Waals surface area contributed by atoms with Crippen molar-refractivity contribution < 1.29 is 22.6 Å². The predicted octanol–water partition coefficient (Wildman–Crippen LogP) is 4.73. The molecule has 120 valence electrons. The van der Waals surface area contributed by atoms with Gasteiger partial charge < -0.3 is 9.47 Å². The Morgan fingerprint density at radius 3 is 2.43 bits per heavy atom. The Morgan fingerprint density at radius 2 is 1.83 bits per heavy atom. The number of alkyl halides is 3. The molecule has 0 bridgehead atoms. The molecule has 3 nitrogen and oxygen atoms in total. The van der Waals surface area contributed by atoms with Gasteiger partial charge in [0.1, 0.15) is 17.6 Å². The van der Waals surface area contributed by atoms with Crippen molar-refractivity contribution in [3.8, 4) is 17.6 Å². The Balaban J connectivity index is 2.28. The lowest BCUT2D eigenvalue weighted by molar-refractivity contribution is -0.137. The summed E-state index contributed by atoms with van der Waals surface area (Å²) in [7, 11) is 1.53. The van der Waals surface area contributed by atoms with Crippen LogP contribution in [0.4, 0.5) is 13.2 Å². The zero-order chi connectivity index (χ0) is 17.0. The molecule has 0 heterocycles. The summed E-state index contributed by atoms with van der Waals surface area (Å²) in [6.45, 7) is 1.72. The fraction of sp³-hybridized carbons (Fsp3) is 0.235. The van der Waals surface area contributed by atoms with Crippen LogP contribution in [0, 0.1) is 11.3 Å². The van der Waals surface area contributed by atoms with Crippen LogP contribution in [0.15, 0.2) is 42.5 Å². The van der Waals surface area contributed by atoms with Gasteiger partial charge in [-0.3, -0.25) is 0 Å². The van der Waals surface area contributed by atoms with E-state index in [1.165, 1.54) is 19.2 Å². The molecule has 0 saturated heterocycles. The zero-order valence-electron chi connectivity index (χ0n) is 12.5. The van der Waals surface area contributed by atoms with Crippen LogP contribution in [-0.4, -0.2) is 7.11 Å². The lowest BCUT2D eigenvalue weighted by Gasteiger charge is -2.17. The first kappa shape index (κ1) is 16.7. The number of nitriles is 1. The van der Waals surface area contributed by atoms with E-state index in [0.29, 0.717) is 5.75 Å². The van der Waals surface area contributed by atoms with Crippen LogP contribution in [0.5, 0.6) is 11.5 Å². The van der Waals surface area contributed by atoms with Crippen LogP contribution in [0.2, 0.25) is 0 Å². The Labute approximate surface area is 131 Å². The van der Waals surface area contributed by atoms with Gasteiger partial charge in [0.15, 0.2) is 0 Å². The molecule has 0 aromatic heterocycles. The first-order valence-corrected chi connectivity index (χ1v) is 6.77. The number of methoxy groups -OCH3 is 1. The second-order valence-electron chi connectivity index (χ2n) is 4.85. The maximum Gasteiger partial charge on any atom is 0.417 e. The molecule has 0 radical (unpaired) electrons. The minimum absolute atomic E-state index is 0.0478. The van der Waals surface area contributed by atoms with Crippen molar-refractivity contribution >= 4 is 0 Å². The SMILES string of the molecule is COc1cccc(C(C)Oc2ccc(C#N)c(C(F)(F)F)c2)c1. The standard InChI is InChI=1S/C17H14F3NO2/c1-11(12-4-3-5-14(8-12)22-2)23-15-7-6-13(10-21)16(9-15)17(18,19)20/h3-9,11H,1-2H3. The van der Waals surface area contributed by atoms with E-state index in [2.05, 4.69) is 0 Å². The highest BCUT2D eigenvalue weighted by atomic mass is 19.4.